The summed E-state index contributed by atoms with van der Waals surface area (Å²) in [5, 5.41) is 18.0. The van der Waals surface area contributed by atoms with Crippen LogP contribution < -0.4 is 5.32 Å². The topological polar surface area (TPSA) is 108 Å². The summed E-state index contributed by atoms with van der Waals surface area (Å²) >= 11 is 0. The average Bonchev–Trinajstić information content (AvgIpc) is 3.08. The molecule has 0 aromatic carbocycles. The first kappa shape index (κ1) is 13.9. The summed E-state index contributed by atoms with van der Waals surface area (Å²) in [5.74, 6) is -1.03. The second kappa shape index (κ2) is 6.05. The molecule has 0 bridgehead atoms. The molecule has 0 aliphatic carbocycles. The van der Waals surface area contributed by atoms with Crippen LogP contribution in [0.2, 0.25) is 0 Å². The summed E-state index contributed by atoms with van der Waals surface area (Å²) < 4.78 is 5.17. The third kappa shape index (κ3) is 3.05. The molecule has 2 heterocycles. The Kier molecular flexibility index (Phi) is 4.19. The van der Waals surface area contributed by atoms with Crippen LogP contribution in [-0.4, -0.2) is 33.2 Å². The third-order valence-corrected chi connectivity index (χ3v) is 2.78. The minimum Gasteiger partial charge on any atom is -0.480 e. The lowest BCUT2D eigenvalue weighted by atomic mass is 10.1. The van der Waals surface area contributed by atoms with E-state index in [0.717, 1.165) is 0 Å². The summed E-state index contributed by atoms with van der Waals surface area (Å²) in [6.07, 6.45) is 2.55. The number of nitrogens with zero attached hydrogens (tertiary/aromatic N) is 1. The Morgan fingerprint density at radius 1 is 1.55 bits per heavy atom. The van der Waals surface area contributed by atoms with Crippen molar-refractivity contribution in [1.82, 2.24) is 15.5 Å². The van der Waals surface area contributed by atoms with Crippen molar-refractivity contribution < 1.29 is 19.1 Å². The second-order valence-corrected chi connectivity index (χ2v) is 4.30. The number of furan rings is 1. The fraction of sp³-hybridized carbons (Fsp3) is 0.308. The van der Waals surface area contributed by atoms with Crippen LogP contribution in [0.25, 0.3) is 11.5 Å². The molecule has 0 radical (unpaired) electrons. The highest BCUT2D eigenvalue weighted by atomic mass is 16.4. The zero-order chi connectivity index (χ0) is 14.5. The lowest BCUT2D eigenvalue weighted by molar-refractivity contribution is -0.139. The average molecular weight is 277 g/mol. The number of aliphatic carboxylic acids is 1. The zero-order valence-electron chi connectivity index (χ0n) is 10.9. The summed E-state index contributed by atoms with van der Waals surface area (Å²) in [6.45, 7) is 1.85. The Morgan fingerprint density at radius 3 is 2.95 bits per heavy atom. The molecular weight excluding hydrogens is 262 g/mol. The highest BCUT2D eigenvalue weighted by Crippen LogP contribution is 2.17. The number of nitrogens with one attached hydrogen (secondary N) is 2. The molecule has 7 heteroatoms. The number of carbonyl (C=O) groups is 2. The molecule has 1 atom stereocenters. The predicted octanol–water partition coefficient (Wildman–Crippen LogP) is 1.65. The Balaban J connectivity index is 2.08. The van der Waals surface area contributed by atoms with Crippen molar-refractivity contribution >= 4 is 11.9 Å². The molecule has 2 rings (SSSR count). The maximum Gasteiger partial charge on any atom is 0.326 e. The molecule has 2 aromatic heterocycles. The quantitative estimate of drug-likeness (QED) is 0.744. The van der Waals surface area contributed by atoms with Gasteiger partial charge in [0, 0.05) is 6.07 Å². The van der Waals surface area contributed by atoms with Crippen molar-refractivity contribution in [2.24, 2.45) is 0 Å². The third-order valence-electron chi connectivity index (χ3n) is 2.78. The van der Waals surface area contributed by atoms with Crippen LogP contribution in [0.3, 0.4) is 0 Å². The van der Waals surface area contributed by atoms with Crippen LogP contribution in [0, 0.1) is 0 Å². The number of hydrogen-bond acceptors (Lipinski definition) is 4. The molecule has 0 saturated carbocycles. The summed E-state index contributed by atoms with van der Waals surface area (Å²) in [7, 11) is 0. The van der Waals surface area contributed by atoms with Crippen molar-refractivity contribution in [3.8, 4) is 11.5 Å². The molecule has 0 saturated heterocycles. The number of carboxylic acids is 1. The number of aromatic amines is 1. The van der Waals surface area contributed by atoms with Gasteiger partial charge in [0.15, 0.2) is 11.5 Å². The van der Waals surface area contributed by atoms with Gasteiger partial charge in [-0.2, -0.15) is 5.10 Å². The molecule has 3 N–H and O–H groups in total. The molecule has 1 amide bonds. The van der Waals surface area contributed by atoms with E-state index in [0.29, 0.717) is 24.3 Å². The van der Waals surface area contributed by atoms with Gasteiger partial charge >= 0.3 is 5.97 Å². The lowest BCUT2D eigenvalue weighted by Gasteiger charge is -2.11. The molecule has 0 spiro atoms. The Hall–Kier alpha value is -2.57. The number of hydrogen-bond donors (Lipinski definition) is 3. The Morgan fingerprint density at radius 2 is 2.35 bits per heavy atom. The molecule has 0 fully saturated rings. The van der Waals surface area contributed by atoms with Gasteiger partial charge in [0.1, 0.15) is 11.7 Å². The van der Waals surface area contributed by atoms with Crippen LogP contribution in [0.4, 0.5) is 0 Å². The van der Waals surface area contributed by atoms with E-state index < -0.39 is 17.9 Å². The fourth-order valence-corrected chi connectivity index (χ4v) is 1.77. The number of carbonyl (C=O) groups excluding carboxylic acids is 1. The summed E-state index contributed by atoms with van der Waals surface area (Å²) in [6, 6.07) is 4.06. The van der Waals surface area contributed by atoms with Crippen LogP contribution in [0.15, 0.2) is 28.9 Å². The van der Waals surface area contributed by atoms with Crippen molar-refractivity contribution in [3.05, 3.63) is 30.2 Å². The van der Waals surface area contributed by atoms with Crippen LogP contribution in [0.1, 0.15) is 30.3 Å². The first-order chi connectivity index (χ1) is 9.61. The Labute approximate surface area is 115 Å². The van der Waals surface area contributed by atoms with Gasteiger partial charge in [0.2, 0.25) is 0 Å². The van der Waals surface area contributed by atoms with E-state index in [1.165, 1.54) is 12.3 Å². The summed E-state index contributed by atoms with van der Waals surface area (Å²) in [5.41, 5.74) is 0.682. The van der Waals surface area contributed by atoms with Gasteiger partial charge in [-0.1, -0.05) is 13.3 Å². The number of rotatable bonds is 6. The standard InChI is InChI=1S/C13H15N3O4/c1-2-4-8(13(18)19)14-12(17)10-7-9(15-16-10)11-5-3-6-20-11/h3,5-8H,2,4H2,1H3,(H,14,17)(H,15,16)(H,18,19). The second-order valence-electron chi connectivity index (χ2n) is 4.30. The van der Waals surface area contributed by atoms with Crippen molar-refractivity contribution in [1.29, 1.82) is 0 Å². The van der Waals surface area contributed by atoms with Crippen molar-refractivity contribution in [2.45, 2.75) is 25.8 Å². The molecule has 7 nitrogen and oxygen atoms in total. The predicted molar refractivity (Wildman–Crippen MR) is 70.1 cm³/mol. The van der Waals surface area contributed by atoms with Gasteiger partial charge in [0.05, 0.1) is 6.26 Å². The van der Waals surface area contributed by atoms with Gasteiger partial charge in [0.25, 0.3) is 5.91 Å². The molecule has 0 aliphatic rings. The largest absolute Gasteiger partial charge is 0.480 e. The number of carboxylic acid groups (broad SMARTS) is 1. The maximum atomic E-state index is 11.9. The first-order valence-electron chi connectivity index (χ1n) is 6.24. The van der Waals surface area contributed by atoms with Crippen molar-refractivity contribution in [2.75, 3.05) is 0 Å². The van der Waals surface area contributed by atoms with Gasteiger partial charge < -0.3 is 14.8 Å². The molecule has 0 aliphatic heterocycles. The number of aromatic nitrogens is 2. The SMILES string of the molecule is CCCC(NC(=O)c1cc(-c2ccco2)[nH]n1)C(=O)O. The minimum absolute atomic E-state index is 0.124. The van der Waals surface area contributed by atoms with E-state index in [1.54, 1.807) is 12.1 Å². The smallest absolute Gasteiger partial charge is 0.326 e. The van der Waals surface area contributed by atoms with Gasteiger partial charge in [-0.05, 0) is 18.6 Å². The van der Waals surface area contributed by atoms with Gasteiger partial charge in [-0.25, -0.2) is 4.79 Å². The van der Waals surface area contributed by atoms with Gasteiger partial charge in [-0.3, -0.25) is 9.89 Å². The van der Waals surface area contributed by atoms with E-state index in [1.807, 2.05) is 6.92 Å². The number of amides is 1. The maximum absolute atomic E-state index is 11.9. The highest BCUT2D eigenvalue weighted by molar-refractivity contribution is 5.95. The van der Waals surface area contributed by atoms with Crippen molar-refractivity contribution in [3.63, 3.8) is 0 Å². The monoisotopic (exact) mass is 277 g/mol. The molecule has 1 unspecified atom stereocenters. The fourth-order valence-electron chi connectivity index (χ4n) is 1.77. The zero-order valence-corrected chi connectivity index (χ0v) is 10.9. The minimum atomic E-state index is -1.05. The molecular formula is C13H15N3O4. The molecule has 20 heavy (non-hydrogen) atoms. The molecule has 2 aromatic rings. The van der Waals surface area contributed by atoms with E-state index in [2.05, 4.69) is 15.5 Å². The Bertz CT molecular complexity index is 589. The van der Waals surface area contributed by atoms with Crippen LogP contribution in [-0.2, 0) is 4.79 Å². The van der Waals surface area contributed by atoms with E-state index in [4.69, 9.17) is 9.52 Å². The van der Waals surface area contributed by atoms with Gasteiger partial charge in [-0.15, -0.1) is 0 Å². The number of H-pyrrole nitrogens is 1. The van der Waals surface area contributed by atoms with Crippen LogP contribution >= 0.6 is 0 Å². The normalized spacial score (nSPS) is 12.1. The van der Waals surface area contributed by atoms with E-state index >= 15 is 0 Å². The lowest BCUT2D eigenvalue weighted by Crippen LogP contribution is -2.40. The first-order valence-corrected chi connectivity index (χ1v) is 6.24. The van der Waals surface area contributed by atoms with E-state index in [9.17, 15) is 9.59 Å². The molecule has 106 valence electrons. The van der Waals surface area contributed by atoms with E-state index in [-0.39, 0.29) is 5.69 Å². The summed E-state index contributed by atoms with van der Waals surface area (Å²) in [4.78, 5) is 22.9. The highest BCUT2D eigenvalue weighted by Gasteiger charge is 2.21. The van der Waals surface area contributed by atoms with Crippen LogP contribution in [0.5, 0.6) is 0 Å².